The molecule has 0 aromatic rings. The second-order valence-corrected chi connectivity index (χ2v) is 7.81. The fraction of sp³-hybridized carbons (Fsp3) is 0.737. The summed E-state index contributed by atoms with van der Waals surface area (Å²) >= 11 is 1.75. The molecular formula is C19H32GeN3O6. The summed E-state index contributed by atoms with van der Waals surface area (Å²) in [5.74, 6) is -0.781. The van der Waals surface area contributed by atoms with Crippen molar-refractivity contribution in [2.45, 2.75) is 32.6 Å². The van der Waals surface area contributed by atoms with Gasteiger partial charge in [-0.05, 0) is 0 Å². The zero-order valence-corrected chi connectivity index (χ0v) is 19.4. The average Bonchev–Trinajstić information content (AvgIpc) is 2.73. The Bertz CT molecular complexity index is 600. The van der Waals surface area contributed by atoms with E-state index in [1.165, 1.54) is 7.05 Å². The Hall–Kier alpha value is -1.27. The molecule has 163 valence electrons. The van der Waals surface area contributed by atoms with Crippen LogP contribution in [0.1, 0.15) is 32.6 Å². The number of amides is 4. The van der Waals surface area contributed by atoms with Crippen LogP contribution in [0.4, 0.5) is 4.79 Å². The molecule has 1 atom stereocenters. The Morgan fingerprint density at radius 2 is 1.59 bits per heavy atom. The van der Waals surface area contributed by atoms with Gasteiger partial charge in [0, 0.05) is 19.6 Å². The minimum atomic E-state index is -1.20. The summed E-state index contributed by atoms with van der Waals surface area (Å²) in [5.41, 5.74) is -0.328. The summed E-state index contributed by atoms with van der Waals surface area (Å²) in [4.78, 5) is 41.0. The number of urea groups is 1. The molecule has 3 radical (unpaired) electrons. The molecule has 29 heavy (non-hydrogen) atoms. The summed E-state index contributed by atoms with van der Waals surface area (Å²) in [6.45, 7) is 3.41. The largest absolute Gasteiger partial charge is 0.395 e. The second kappa shape index (κ2) is 12.4. The predicted octanol–water partition coefficient (Wildman–Crippen LogP) is -0.695. The number of rotatable bonds is 8. The monoisotopic (exact) mass is 472 g/mol. The SMILES string of the molecule is CN1C(=O)N([CH2][Ge])C(=O)C(C)(C2=CCCCC2)C1=O.OCCN(CCO)CCO. The third-order valence-electron chi connectivity index (χ3n) is 5.26. The number of hydrogen-bond donors (Lipinski definition) is 3. The van der Waals surface area contributed by atoms with Crippen molar-refractivity contribution in [1.29, 1.82) is 0 Å². The zero-order valence-electron chi connectivity index (χ0n) is 17.3. The van der Waals surface area contributed by atoms with Crippen LogP contribution in [0.3, 0.4) is 0 Å². The molecule has 2 aliphatic rings. The quantitative estimate of drug-likeness (QED) is 0.244. The van der Waals surface area contributed by atoms with Crippen molar-refractivity contribution in [3.63, 3.8) is 0 Å². The summed E-state index contributed by atoms with van der Waals surface area (Å²) in [6.07, 6.45) is 5.74. The number of imide groups is 2. The fourth-order valence-electron chi connectivity index (χ4n) is 3.52. The van der Waals surface area contributed by atoms with E-state index >= 15 is 0 Å². The average molecular weight is 471 g/mol. The van der Waals surface area contributed by atoms with Gasteiger partial charge in [-0.15, -0.1) is 0 Å². The third kappa shape index (κ3) is 6.11. The Kier molecular flexibility index (Phi) is 11.0. The first-order valence-electron chi connectivity index (χ1n) is 9.82. The summed E-state index contributed by atoms with van der Waals surface area (Å²) in [6, 6.07) is -0.522. The van der Waals surface area contributed by atoms with Gasteiger partial charge in [0.05, 0.1) is 19.8 Å². The second-order valence-electron chi connectivity index (χ2n) is 7.15. The van der Waals surface area contributed by atoms with Crippen molar-refractivity contribution in [2.75, 3.05) is 51.9 Å². The van der Waals surface area contributed by atoms with Crippen LogP contribution in [-0.4, -0.2) is 116 Å². The number of allylic oxidation sites excluding steroid dienone is 1. The molecule has 3 N–H and O–H groups in total. The predicted molar refractivity (Wildman–Crippen MR) is 108 cm³/mol. The van der Waals surface area contributed by atoms with E-state index in [1.807, 2.05) is 6.08 Å². The summed E-state index contributed by atoms with van der Waals surface area (Å²) in [7, 11) is 1.45. The van der Waals surface area contributed by atoms with Gasteiger partial charge in [0.1, 0.15) is 0 Å². The topological polar surface area (TPSA) is 122 Å². The molecule has 0 saturated carbocycles. The normalized spacial score (nSPS) is 22.6. The molecular weight excluding hydrogens is 439 g/mol. The molecule has 1 unspecified atom stereocenters. The molecule has 9 nitrogen and oxygen atoms in total. The Labute approximate surface area is 180 Å². The number of hydrogen-bond acceptors (Lipinski definition) is 7. The molecule has 4 amide bonds. The number of aliphatic hydroxyl groups is 3. The third-order valence-corrected chi connectivity index (χ3v) is 5.93. The first-order chi connectivity index (χ1) is 13.8. The summed E-state index contributed by atoms with van der Waals surface area (Å²) < 4.78 is 0. The van der Waals surface area contributed by atoms with Gasteiger partial charge in [-0.25, -0.2) is 0 Å². The van der Waals surface area contributed by atoms with E-state index < -0.39 is 17.4 Å². The van der Waals surface area contributed by atoms with Crippen LogP contribution in [0.25, 0.3) is 0 Å². The minimum Gasteiger partial charge on any atom is -0.395 e. The van der Waals surface area contributed by atoms with Crippen LogP contribution >= 0.6 is 0 Å². The van der Waals surface area contributed by atoms with Crippen molar-refractivity contribution in [1.82, 2.24) is 14.7 Å². The summed E-state index contributed by atoms with van der Waals surface area (Å²) in [5, 5.41) is 25.7. The Morgan fingerprint density at radius 3 is 2.00 bits per heavy atom. The van der Waals surface area contributed by atoms with Gasteiger partial charge < -0.3 is 15.3 Å². The Balaban J connectivity index is 0.000000359. The minimum absolute atomic E-state index is 0.0694. The van der Waals surface area contributed by atoms with Gasteiger partial charge in [0.25, 0.3) is 0 Å². The molecule has 10 heteroatoms. The molecule has 0 spiro atoms. The van der Waals surface area contributed by atoms with E-state index in [2.05, 4.69) is 0 Å². The van der Waals surface area contributed by atoms with E-state index in [9.17, 15) is 14.4 Å². The fourth-order valence-corrected chi connectivity index (χ4v) is 4.10. The van der Waals surface area contributed by atoms with Crippen molar-refractivity contribution < 1.29 is 29.7 Å². The molecule has 1 saturated heterocycles. The Morgan fingerprint density at radius 1 is 1.03 bits per heavy atom. The molecule has 2 rings (SSSR count). The van der Waals surface area contributed by atoms with Gasteiger partial charge in [-0.2, -0.15) is 0 Å². The van der Waals surface area contributed by atoms with Crippen molar-refractivity contribution in [2.24, 2.45) is 5.41 Å². The van der Waals surface area contributed by atoms with Crippen LogP contribution in [0, 0.1) is 5.41 Å². The molecule has 1 heterocycles. The van der Waals surface area contributed by atoms with Gasteiger partial charge >= 0.3 is 121 Å². The number of carbonyl (C=O) groups excluding carboxylic acids is 3. The molecule has 1 aliphatic carbocycles. The number of carbonyl (C=O) groups is 3. The smallest absolute Gasteiger partial charge is 0.0558 e. The number of barbiturate groups is 1. The zero-order chi connectivity index (χ0) is 22.0. The van der Waals surface area contributed by atoms with Crippen LogP contribution in [0.5, 0.6) is 0 Å². The van der Waals surface area contributed by atoms with Crippen molar-refractivity contribution in [3.05, 3.63) is 11.6 Å². The first kappa shape index (κ1) is 25.8. The van der Waals surface area contributed by atoms with E-state index in [-0.39, 0.29) is 31.1 Å². The molecule has 0 aromatic carbocycles. The first-order valence-corrected chi connectivity index (χ1v) is 11.3. The molecule has 1 aliphatic heterocycles. The van der Waals surface area contributed by atoms with E-state index in [0.717, 1.165) is 41.1 Å². The van der Waals surface area contributed by atoms with Crippen LogP contribution in [0.2, 0.25) is 0 Å². The van der Waals surface area contributed by atoms with Crippen LogP contribution in [-0.2, 0) is 9.59 Å². The molecule has 0 bridgehead atoms. The van der Waals surface area contributed by atoms with Crippen LogP contribution in [0.15, 0.2) is 11.6 Å². The van der Waals surface area contributed by atoms with E-state index in [0.29, 0.717) is 19.6 Å². The van der Waals surface area contributed by atoms with Crippen LogP contribution < -0.4 is 0 Å². The van der Waals surface area contributed by atoms with Crippen molar-refractivity contribution >= 4 is 34.4 Å². The van der Waals surface area contributed by atoms with E-state index in [4.69, 9.17) is 15.3 Å². The standard InChI is InChI=1S/C13H17GeN2O3.C6H15NO3/c1-13(9-6-4-3-5-7-9)10(17)15(2)12(19)16(8-14)11(13)18;8-4-1-7(2-5-9)3-6-10/h6H,3-5,7-8H2,1-2H3;8-10H,1-6H2. The van der Waals surface area contributed by atoms with Gasteiger partial charge in [-0.1, -0.05) is 0 Å². The van der Waals surface area contributed by atoms with Gasteiger partial charge in [0.15, 0.2) is 0 Å². The number of aliphatic hydroxyl groups excluding tert-OH is 3. The number of nitrogens with zero attached hydrogens (tertiary/aromatic N) is 3. The van der Waals surface area contributed by atoms with E-state index in [1.54, 1.807) is 28.3 Å². The van der Waals surface area contributed by atoms with Gasteiger partial charge in [0.2, 0.25) is 0 Å². The maximum absolute atomic E-state index is 12.6. The molecule has 1 fully saturated rings. The maximum Gasteiger partial charge on any atom is 0.0558 e. The van der Waals surface area contributed by atoms with Gasteiger partial charge in [-0.3, -0.25) is 4.90 Å². The van der Waals surface area contributed by atoms with Crippen molar-refractivity contribution in [3.8, 4) is 0 Å². The maximum atomic E-state index is 12.6. The molecule has 0 aromatic heterocycles.